The van der Waals surface area contributed by atoms with Gasteiger partial charge in [0.25, 0.3) is 0 Å². The zero-order chi connectivity index (χ0) is 12.4. The van der Waals surface area contributed by atoms with Gasteiger partial charge in [0.05, 0.1) is 17.9 Å². The van der Waals surface area contributed by atoms with Crippen LogP contribution in [0.2, 0.25) is 0 Å². The maximum Gasteiger partial charge on any atom is 0.132 e. The van der Waals surface area contributed by atoms with Gasteiger partial charge in [0.2, 0.25) is 0 Å². The van der Waals surface area contributed by atoms with Gasteiger partial charge in [0.15, 0.2) is 0 Å². The Kier molecular flexibility index (Phi) is 3.59. The average Bonchev–Trinajstić information content (AvgIpc) is 2.26. The minimum Gasteiger partial charge on any atom is -0.372 e. The van der Waals surface area contributed by atoms with E-state index in [1.807, 2.05) is 13.0 Å². The van der Waals surface area contributed by atoms with Gasteiger partial charge in [-0.15, -0.1) is 0 Å². The first-order chi connectivity index (χ1) is 8.08. The molecule has 1 saturated heterocycles. The molecule has 1 fully saturated rings. The highest BCUT2D eigenvalue weighted by Gasteiger charge is 2.23. The predicted molar refractivity (Wildman–Crippen MR) is 66.9 cm³/mol. The molecule has 2 heterocycles. The smallest absolute Gasteiger partial charge is 0.132 e. The lowest BCUT2D eigenvalue weighted by Gasteiger charge is -2.36. The van der Waals surface area contributed by atoms with Crippen LogP contribution in [0.1, 0.15) is 25.4 Å². The summed E-state index contributed by atoms with van der Waals surface area (Å²) in [5.74, 6) is 1.73. The summed E-state index contributed by atoms with van der Waals surface area (Å²) in [6.07, 6.45) is 0.464. The summed E-state index contributed by atoms with van der Waals surface area (Å²) >= 11 is 0. The van der Waals surface area contributed by atoms with E-state index < -0.39 is 0 Å². The molecule has 0 saturated carbocycles. The minimum atomic E-state index is 0.232. The lowest BCUT2D eigenvalue weighted by Crippen LogP contribution is -2.46. The quantitative estimate of drug-likeness (QED) is 0.825. The van der Waals surface area contributed by atoms with Crippen LogP contribution in [0.15, 0.2) is 6.07 Å². The van der Waals surface area contributed by atoms with Crippen molar-refractivity contribution >= 4 is 5.82 Å². The van der Waals surface area contributed by atoms with Gasteiger partial charge in [-0.05, 0) is 20.8 Å². The highest BCUT2D eigenvalue weighted by atomic mass is 16.5. The molecule has 1 aromatic rings. The van der Waals surface area contributed by atoms with E-state index in [0.29, 0.717) is 6.54 Å². The van der Waals surface area contributed by atoms with Crippen molar-refractivity contribution in [3.63, 3.8) is 0 Å². The Labute approximate surface area is 102 Å². The zero-order valence-electron chi connectivity index (χ0n) is 10.7. The van der Waals surface area contributed by atoms with E-state index in [1.165, 1.54) is 0 Å². The molecular formula is C12H20N4O. The summed E-state index contributed by atoms with van der Waals surface area (Å²) in [6, 6.07) is 1.97. The first kappa shape index (κ1) is 12.3. The number of aryl methyl sites for hydroxylation is 1. The maximum absolute atomic E-state index is 5.71. The molecule has 0 spiro atoms. The van der Waals surface area contributed by atoms with Gasteiger partial charge in [-0.25, -0.2) is 9.97 Å². The van der Waals surface area contributed by atoms with Gasteiger partial charge in [-0.3, -0.25) is 0 Å². The standard InChI is InChI=1S/C12H20N4O/c1-8-6-16(7-9(2)17-8)12-4-11(5-13)14-10(3)15-12/h4,8-9H,5-7,13H2,1-3H3/t8-,9+. The molecule has 5 nitrogen and oxygen atoms in total. The van der Waals surface area contributed by atoms with E-state index in [4.69, 9.17) is 10.5 Å². The second-order valence-electron chi connectivity index (χ2n) is 4.63. The largest absolute Gasteiger partial charge is 0.372 e. The molecule has 0 bridgehead atoms. The molecule has 0 radical (unpaired) electrons. The number of ether oxygens (including phenoxy) is 1. The number of rotatable bonds is 2. The molecule has 0 aromatic carbocycles. The van der Waals surface area contributed by atoms with Crippen molar-refractivity contribution < 1.29 is 4.74 Å². The van der Waals surface area contributed by atoms with Gasteiger partial charge in [0.1, 0.15) is 11.6 Å². The van der Waals surface area contributed by atoms with Crippen molar-refractivity contribution in [1.82, 2.24) is 9.97 Å². The van der Waals surface area contributed by atoms with E-state index >= 15 is 0 Å². The van der Waals surface area contributed by atoms with E-state index in [1.54, 1.807) is 0 Å². The summed E-state index contributed by atoms with van der Waals surface area (Å²) in [7, 11) is 0. The third-order valence-electron chi connectivity index (χ3n) is 2.83. The van der Waals surface area contributed by atoms with Crippen molar-refractivity contribution in [2.24, 2.45) is 5.73 Å². The van der Waals surface area contributed by atoms with E-state index in [-0.39, 0.29) is 12.2 Å². The number of hydrogen-bond donors (Lipinski definition) is 1. The van der Waals surface area contributed by atoms with Crippen molar-refractivity contribution in [1.29, 1.82) is 0 Å². The number of hydrogen-bond acceptors (Lipinski definition) is 5. The van der Waals surface area contributed by atoms with Crippen LogP contribution in [0.25, 0.3) is 0 Å². The predicted octanol–water partition coefficient (Wildman–Crippen LogP) is 0.857. The van der Waals surface area contributed by atoms with Crippen LogP contribution in [0.5, 0.6) is 0 Å². The fourth-order valence-electron chi connectivity index (χ4n) is 2.24. The Hall–Kier alpha value is -1.20. The van der Waals surface area contributed by atoms with Crippen LogP contribution in [-0.4, -0.2) is 35.3 Å². The highest BCUT2D eigenvalue weighted by molar-refractivity contribution is 5.40. The second-order valence-corrected chi connectivity index (χ2v) is 4.63. The number of nitrogens with two attached hydrogens (primary N) is 1. The summed E-state index contributed by atoms with van der Waals surface area (Å²) in [6.45, 7) is 8.25. The summed E-state index contributed by atoms with van der Waals surface area (Å²) in [5, 5.41) is 0. The monoisotopic (exact) mass is 236 g/mol. The molecular weight excluding hydrogens is 216 g/mol. The summed E-state index contributed by atoms with van der Waals surface area (Å²) in [4.78, 5) is 11.0. The minimum absolute atomic E-state index is 0.232. The Morgan fingerprint density at radius 3 is 2.59 bits per heavy atom. The molecule has 0 aliphatic carbocycles. The van der Waals surface area contributed by atoms with Crippen molar-refractivity contribution in [2.75, 3.05) is 18.0 Å². The molecule has 94 valence electrons. The molecule has 5 heteroatoms. The molecule has 1 aromatic heterocycles. The van der Waals surface area contributed by atoms with E-state index in [2.05, 4.69) is 28.7 Å². The van der Waals surface area contributed by atoms with Gasteiger partial charge < -0.3 is 15.4 Å². The lowest BCUT2D eigenvalue weighted by molar-refractivity contribution is -0.00548. The molecule has 2 rings (SSSR count). The number of nitrogens with zero attached hydrogens (tertiary/aromatic N) is 3. The normalized spacial score (nSPS) is 25.1. The van der Waals surface area contributed by atoms with Crippen molar-refractivity contribution in [3.8, 4) is 0 Å². The highest BCUT2D eigenvalue weighted by Crippen LogP contribution is 2.19. The first-order valence-electron chi connectivity index (χ1n) is 6.03. The van der Waals surface area contributed by atoms with Gasteiger partial charge in [-0.2, -0.15) is 0 Å². The third kappa shape index (κ3) is 2.92. The molecule has 1 aliphatic rings. The molecule has 17 heavy (non-hydrogen) atoms. The van der Waals surface area contributed by atoms with Crippen LogP contribution in [0.4, 0.5) is 5.82 Å². The van der Waals surface area contributed by atoms with Crippen LogP contribution >= 0.6 is 0 Å². The Bertz CT molecular complexity index is 386. The Morgan fingerprint density at radius 1 is 1.35 bits per heavy atom. The SMILES string of the molecule is Cc1nc(CN)cc(N2C[C@@H](C)O[C@@H](C)C2)n1. The van der Waals surface area contributed by atoms with Gasteiger partial charge >= 0.3 is 0 Å². The topological polar surface area (TPSA) is 64.3 Å². The van der Waals surface area contributed by atoms with Gasteiger partial charge in [0, 0.05) is 25.7 Å². The first-order valence-corrected chi connectivity index (χ1v) is 6.03. The van der Waals surface area contributed by atoms with Crippen molar-refractivity contribution in [3.05, 3.63) is 17.6 Å². The zero-order valence-corrected chi connectivity index (χ0v) is 10.7. The molecule has 0 amide bonds. The van der Waals surface area contributed by atoms with Gasteiger partial charge in [-0.1, -0.05) is 0 Å². The number of aromatic nitrogens is 2. The molecule has 0 unspecified atom stereocenters. The van der Waals surface area contributed by atoms with Crippen LogP contribution < -0.4 is 10.6 Å². The second kappa shape index (κ2) is 4.98. The van der Waals surface area contributed by atoms with Crippen LogP contribution in [0, 0.1) is 6.92 Å². The Morgan fingerprint density at radius 2 is 2.00 bits per heavy atom. The fraction of sp³-hybridized carbons (Fsp3) is 0.667. The fourth-order valence-corrected chi connectivity index (χ4v) is 2.24. The number of anilines is 1. The van der Waals surface area contributed by atoms with E-state index in [0.717, 1.165) is 30.4 Å². The molecule has 2 atom stereocenters. The lowest BCUT2D eigenvalue weighted by atomic mass is 10.2. The molecule has 2 N–H and O–H groups in total. The van der Waals surface area contributed by atoms with E-state index in [9.17, 15) is 0 Å². The molecule has 1 aliphatic heterocycles. The third-order valence-corrected chi connectivity index (χ3v) is 2.83. The van der Waals surface area contributed by atoms with Crippen molar-refractivity contribution in [2.45, 2.75) is 39.5 Å². The maximum atomic E-state index is 5.71. The Balaban J connectivity index is 2.23. The summed E-state index contributed by atoms with van der Waals surface area (Å²) in [5.41, 5.74) is 6.53. The van der Waals surface area contributed by atoms with Crippen LogP contribution in [0.3, 0.4) is 0 Å². The summed E-state index contributed by atoms with van der Waals surface area (Å²) < 4.78 is 5.71. The number of morpholine rings is 1. The van der Waals surface area contributed by atoms with Crippen LogP contribution in [-0.2, 0) is 11.3 Å². The average molecular weight is 236 g/mol.